The fourth-order valence-corrected chi connectivity index (χ4v) is 2.11. The van der Waals surface area contributed by atoms with Crippen LogP contribution in [0.25, 0.3) is 0 Å². The maximum absolute atomic E-state index is 9.27. The number of rotatable bonds is 1. The zero-order valence-electron chi connectivity index (χ0n) is 6.40. The largest absolute Gasteiger partial charge is 0.391 e. The molecule has 5 heteroatoms. The molecule has 1 aliphatic rings. The lowest BCUT2D eigenvalue weighted by atomic mass is 10.3. The highest BCUT2D eigenvalue weighted by Gasteiger charge is 2.21. The SMILES string of the molecule is O[C@@H]1CCN(c2csc(Cl)n2)C1. The molecule has 2 heterocycles. The van der Waals surface area contributed by atoms with Crippen LogP contribution in [0.5, 0.6) is 0 Å². The summed E-state index contributed by atoms with van der Waals surface area (Å²) in [5.74, 6) is 0.890. The molecular formula is C7H9ClN2OS. The minimum atomic E-state index is -0.203. The van der Waals surface area contributed by atoms with Gasteiger partial charge in [-0.3, -0.25) is 0 Å². The van der Waals surface area contributed by atoms with Gasteiger partial charge in [-0.1, -0.05) is 11.6 Å². The van der Waals surface area contributed by atoms with Crippen molar-refractivity contribution in [3.05, 3.63) is 9.85 Å². The Kier molecular flexibility index (Phi) is 2.21. The van der Waals surface area contributed by atoms with Gasteiger partial charge in [-0.05, 0) is 6.42 Å². The standard InChI is InChI=1S/C7H9ClN2OS/c8-7-9-6(4-12-7)10-2-1-5(11)3-10/h4-5,11H,1-3H2/t5-/m1/s1. The molecule has 0 aliphatic carbocycles. The normalized spacial score (nSPS) is 23.5. The fourth-order valence-electron chi connectivity index (χ4n) is 1.34. The number of nitrogens with zero attached hydrogens (tertiary/aromatic N) is 2. The van der Waals surface area contributed by atoms with Crippen molar-refractivity contribution in [1.82, 2.24) is 4.98 Å². The molecule has 0 amide bonds. The van der Waals surface area contributed by atoms with Crippen LogP contribution in [-0.2, 0) is 0 Å². The molecule has 0 spiro atoms. The summed E-state index contributed by atoms with van der Waals surface area (Å²) in [6.07, 6.45) is 0.625. The van der Waals surface area contributed by atoms with Gasteiger partial charge in [-0.25, -0.2) is 4.98 Å². The first-order chi connectivity index (χ1) is 5.75. The van der Waals surface area contributed by atoms with Crippen LogP contribution in [0, 0.1) is 0 Å². The predicted octanol–water partition coefficient (Wildman–Crippen LogP) is 1.37. The van der Waals surface area contributed by atoms with E-state index in [9.17, 15) is 5.11 Å². The molecule has 1 fully saturated rings. The first kappa shape index (κ1) is 8.29. The van der Waals surface area contributed by atoms with E-state index in [4.69, 9.17) is 11.6 Å². The lowest BCUT2D eigenvalue weighted by Crippen LogP contribution is -2.21. The average molecular weight is 205 g/mol. The molecule has 2 rings (SSSR count). The molecular weight excluding hydrogens is 196 g/mol. The molecule has 3 nitrogen and oxygen atoms in total. The third-order valence-corrected chi connectivity index (χ3v) is 2.92. The van der Waals surface area contributed by atoms with E-state index in [1.165, 1.54) is 11.3 Å². The van der Waals surface area contributed by atoms with Crippen molar-refractivity contribution in [3.8, 4) is 0 Å². The molecule has 1 aliphatic heterocycles. The lowest BCUT2D eigenvalue weighted by Gasteiger charge is -2.13. The van der Waals surface area contributed by atoms with Crippen LogP contribution in [0.15, 0.2) is 5.38 Å². The number of aromatic nitrogens is 1. The van der Waals surface area contributed by atoms with E-state index >= 15 is 0 Å². The van der Waals surface area contributed by atoms with Crippen molar-refractivity contribution < 1.29 is 5.11 Å². The molecule has 12 heavy (non-hydrogen) atoms. The van der Waals surface area contributed by atoms with E-state index in [0.717, 1.165) is 18.8 Å². The van der Waals surface area contributed by atoms with Crippen molar-refractivity contribution in [2.75, 3.05) is 18.0 Å². The minimum Gasteiger partial charge on any atom is -0.391 e. The smallest absolute Gasteiger partial charge is 0.185 e. The van der Waals surface area contributed by atoms with Gasteiger partial charge in [0, 0.05) is 18.5 Å². The van der Waals surface area contributed by atoms with E-state index in [1.807, 2.05) is 10.3 Å². The van der Waals surface area contributed by atoms with Gasteiger partial charge in [0.05, 0.1) is 6.10 Å². The molecule has 0 saturated carbocycles. The Morgan fingerprint density at radius 3 is 3.08 bits per heavy atom. The maximum atomic E-state index is 9.27. The molecule has 0 bridgehead atoms. The van der Waals surface area contributed by atoms with Crippen molar-refractivity contribution in [2.24, 2.45) is 0 Å². The quantitative estimate of drug-likeness (QED) is 0.751. The minimum absolute atomic E-state index is 0.203. The number of thiazole rings is 1. The number of anilines is 1. The van der Waals surface area contributed by atoms with Crippen LogP contribution in [-0.4, -0.2) is 29.3 Å². The number of aliphatic hydroxyl groups excluding tert-OH is 1. The van der Waals surface area contributed by atoms with Crippen LogP contribution in [0.3, 0.4) is 0 Å². The van der Waals surface area contributed by atoms with Crippen molar-refractivity contribution in [3.63, 3.8) is 0 Å². The summed E-state index contributed by atoms with van der Waals surface area (Å²) in [6.45, 7) is 1.56. The first-order valence-electron chi connectivity index (χ1n) is 3.80. The molecule has 1 aromatic rings. The zero-order chi connectivity index (χ0) is 8.55. The average Bonchev–Trinajstić information content (AvgIpc) is 2.58. The van der Waals surface area contributed by atoms with E-state index in [1.54, 1.807) is 0 Å². The summed E-state index contributed by atoms with van der Waals surface area (Å²) in [4.78, 5) is 6.17. The van der Waals surface area contributed by atoms with Crippen LogP contribution in [0.1, 0.15) is 6.42 Å². The Hall–Kier alpha value is -0.320. The van der Waals surface area contributed by atoms with E-state index in [-0.39, 0.29) is 6.10 Å². The molecule has 66 valence electrons. The van der Waals surface area contributed by atoms with Crippen LogP contribution in [0.2, 0.25) is 4.47 Å². The predicted molar refractivity (Wildman–Crippen MR) is 50.0 cm³/mol. The summed E-state index contributed by atoms with van der Waals surface area (Å²) >= 11 is 7.12. The highest BCUT2D eigenvalue weighted by Crippen LogP contribution is 2.24. The van der Waals surface area contributed by atoms with Gasteiger partial charge in [-0.15, -0.1) is 11.3 Å². The summed E-state index contributed by atoms with van der Waals surface area (Å²) in [7, 11) is 0. The number of aliphatic hydroxyl groups is 1. The highest BCUT2D eigenvalue weighted by atomic mass is 35.5. The van der Waals surface area contributed by atoms with E-state index in [2.05, 4.69) is 4.98 Å². The third-order valence-electron chi connectivity index (χ3n) is 1.95. The van der Waals surface area contributed by atoms with Crippen molar-refractivity contribution in [1.29, 1.82) is 0 Å². The molecule has 1 aromatic heterocycles. The fraction of sp³-hybridized carbons (Fsp3) is 0.571. The lowest BCUT2D eigenvalue weighted by molar-refractivity contribution is 0.198. The van der Waals surface area contributed by atoms with Gasteiger partial charge in [-0.2, -0.15) is 0 Å². The maximum Gasteiger partial charge on any atom is 0.185 e. The summed E-state index contributed by atoms with van der Waals surface area (Å²) < 4.78 is 0.561. The van der Waals surface area contributed by atoms with Crippen molar-refractivity contribution in [2.45, 2.75) is 12.5 Å². The van der Waals surface area contributed by atoms with E-state index in [0.29, 0.717) is 11.0 Å². The second-order valence-corrected chi connectivity index (χ2v) is 4.29. The molecule has 0 radical (unpaired) electrons. The summed E-state index contributed by atoms with van der Waals surface area (Å²) in [5, 5.41) is 11.2. The number of halogens is 1. The monoisotopic (exact) mass is 204 g/mol. The van der Waals surface area contributed by atoms with Gasteiger partial charge < -0.3 is 10.0 Å². The van der Waals surface area contributed by atoms with Gasteiger partial charge in [0.15, 0.2) is 4.47 Å². The Balaban J connectivity index is 2.11. The van der Waals surface area contributed by atoms with Crippen LogP contribution < -0.4 is 4.90 Å². The second-order valence-electron chi connectivity index (χ2n) is 2.85. The van der Waals surface area contributed by atoms with Gasteiger partial charge in [0.25, 0.3) is 0 Å². The number of hydrogen-bond acceptors (Lipinski definition) is 4. The Morgan fingerprint density at radius 1 is 1.75 bits per heavy atom. The number of hydrogen-bond donors (Lipinski definition) is 1. The molecule has 1 atom stereocenters. The van der Waals surface area contributed by atoms with Gasteiger partial charge >= 0.3 is 0 Å². The zero-order valence-corrected chi connectivity index (χ0v) is 7.98. The summed E-state index contributed by atoms with van der Waals surface area (Å²) in [6, 6.07) is 0. The Morgan fingerprint density at radius 2 is 2.58 bits per heavy atom. The molecule has 1 saturated heterocycles. The topological polar surface area (TPSA) is 36.4 Å². The third kappa shape index (κ3) is 1.55. The molecule has 0 aromatic carbocycles. The van der Waals surface area contributed by atoms with Crippen LogP contribution >= 0.6 is 22.9 Å². The summed E-state index contributed by atoms with van der Waals surface area (Å²) in [5.41, 5.74) is 0. The first-order valence-corrected chi connectivity index (χ1v) is 5.05. The van der Waals surface area contributed by atoms with E-state index < -0.39 is 0 Å². The van der Waals surface area contributed by atoms with Crippen molar-refractivity contribution >= 4 is 28.8 Å². The Labute approximate surface area is 79.6 Å². The highest BCUT2D eigenvalue weighted by molar-refractivity contribution is 7.14. The molecule has 1 N–H and O–H groups in total. The second kappa shape index (κ2) is 3.20. The van der Waals surface area contributed by atoms with Crippen LogP contribution in [0.4, 0.5) is 5.82 Å². The number of β-amino-alcohol motifs (C(OH)–C–C–N with tert-alkyl or cyclic N) is 1. The van der Waals surface area contributed by atoms with Gasteiger partial charge in [0.2, 0.25) is 0 Å². The van der Waals surface area contributed by atoms with Gasteiger partial charge in [0.1, 0.15) is 5.82 Å². The Bertz CT molecular complexity index is 278. The molecule has 0 unspecified atom stereocenters.